The first-order valence-electron chi connectivity index (χ1n) is 8.68. The maximum Gasteiger partial charge on any atom is 0.343 e. The number of hydrogen-bond acceptors (Lipinski definition) is 6. The van der Waals surface area contributed by atoms with Crippen LogP contribution in [-0.2, 0) is 9.59 Å². The number of hydrogen-bond donors (Lipinski definition) is 2. The number of carboxylic acids is 1. The summed E-state index contributed by atoms with van der Waals surface area (Å²) in [5.41, 5.74) is 3.34. The zero-order valence-electron chi connectivity index (χ0n) is 15.1. The first kappa shape index (κ1) is 17.4. The highest BCUT2D eigenvalue weighted by Crippen LogP contribution is 2.41. The molecule has 0 spiro atoms. The van der Waals surface area contributed by atoms with Crippen molar-refractivity contribution in [3.8, 4) is 0 Å². The average molecular weight is 403 g/mol. The van der Waals surface area contributed by atoms with Crippen molar-refractivity contribution in [2.45, 2.75) is 5.16 Å². The number of benzene rings is 2. The van der Waals surface area contributed by atoms with Crippen LogP contribution in [0.3, 0.4) is 0 Å². The number of fused-ring (bicyclic) bond motifs is 4. The molecule has 0 bridgehead atoms. The summed E-state index contributed by atoms with van der Waals surface area (Å²) in [7, 11) is 1.62. The van der Waals surface area contributed by atoms with E-state index in [4.69, 9.17) is 0 Å². The number of para-hydroxylation sites is 2. The summed E-state index contributed by atoms with van der Waals surface area (Å²) in [6, 6.07) is 14.7. The molecule has 0 saturated carbocycles. The first-order valence-corrected chi connectivity index (χ1v) is 9.50. The van der Waals surface area contributed by atoms with Crippen LogP contribution in [0, 0.1) is 0 Å². The van der Waals surface area contributed by atoms with Gasteiger partial charge in [0.2, 0.25) is 5.16 Å². The minimum Gasteiger partial charge on any atom is -0.477 e. The molecule has 5 rings (SSSR count). The van der Waals surface area contributed by atoms with Crippen LogP contribution in [0.25, 0.3) is 27.6 Å². The molecule has 2 aromatic heterocycles. The second-order valence-electron chi connectivity index (χ2n) is 6.45. The minimum atomic E-state index is -1.22. The number of thioether (sulfide) groups is 1. The lowest BCUT2D eigenvalue weighted by molar-refractivity contribution is -0.132. The molecule has 1 amide bonds. The Labute approximate surface area is 168 Å². The van der Waals surface area contributed by atoms with Crippen LogP contribution in [0.2, 0.25) is 0 Å². The van der Waals surface area contributed by atoms with Crippen LogP contribution >= 0.6 is 11.8 Å². The highest BCUT2D eigenvalue weighted by atomic mass is 32.2. The molecule has 0 aliphatic carbocycles. The van der Waals surface area contributed by atoms with E-state index in [0.717, 1.165) is 22.7 Å². The van der Waals surface area contributed by atoms with Crippen LogP contribution in [0.15, 0.2) is 58.6 Å². The number of aromatic nitrogens is 4. The van der Waals surface area contributed by atoms with E-state index in [1.54, 1.807) is 31.3 Å². The summed E-state index contributed by atoms with van der Waals surface area (Å²) in [6.07, 6.45) is 0. The number of likely N-dealkylation sites (N-methyl/N-ethyl adjacent to an activating group) is 1. The summed E-state index contributed by atoms with van der Waals surface area (Å²) in [4.78, 5) is 33.7. The van der Waals surface area contributed by atoms with Crippen LogP contribution < -0.4 is 4.90 Å². The normalized spacial score (nSPS) is 15.2. The summed E-state index contributed by atoms with van der Waals surface area (Å²) >= 11 is 0.816. The van der Waals surface area contributed by atoms with E-state index < -0.39 is 5.97 Å². The molecule has 1 aliphatic rings. The van der Waals surface area contributed by atoms with Crippen molar-refractivity contribution < 1.29 is 14.7 Å². The molecular formula is C20H13N5O3S. The molecule has 1 aliphatic heterocycles. The van der Waals surface area contributed by atoms with Gasteiger partial charge in [-0.1, -0.05) is 36.4 Å². The molecule has 0 fully saturated rings. The number of H-pyrrole nitrogens is 1. The Kier molecular flexibility index (Phi) is 3.85. The highest BCUT2D eigenvalue weighted by Gasteiger charge is 2.35. The molecular weight excluding hydrogens is 390 g/mol. The van der Waals surface area contributed by atoms with E-state index in [1.807, 2.05) is 24.3 Å². The number of carbonyl (C=O) groups excluding carboxylic acids is 1. The van der Waals surface area contributed by atoms with Gasteiger partial charge in [0.25, 0.3) is 5.91 Å². The van der Waals surface area contributed by atoms with Gasteiger partial charge >= 0.3 is 5.97 Å². The summed E-state index contributed by atoms with van der Waals surface area (Å²) in [5, 5.41) is 19.1. The van der Waals surface area contributed by atoms with Crippen LogP contribution in [0.5, 0.6) is 0 Å². The fourth-order valence-corrected chi connectivity index (χ4v) is 4.22. The van der Waals surface area contributed by atoms with Crippen molar-refractivity contribution in [3.63, 3.8) is 0 Å². The fourth-order valence-electron chi connectivity index (χ4n) is 3.43. The Morgan fingerprint density at radius 2 is 1.86 bits per heavy atom. The number of aliphatic carboxylic acids is 1. The number of carbonyl (C=O) groups is 2. The van der Waals surface area contributed by atoms with E-state index in [1.165, 1.54) is 4.90 Å². The summed E-state index contributed by atoms with van der Waals surface area (Å²) in [5.74, 6) is -1.60. The van der Waals surface area contributed by atoms with Gasteiger partial charge in [0.05, 0.1) is 11.3 Å². The van der Waals surface area contributed by atoms with E-state index in [-0.39, 0.29) is 21.5 Å². The highest BCUT2D eigenvalue weighted by molar-refractivity contribution is 8.04. The molecule has 8 nitrogen and oxygen atoms in total. The Hall–Kier alpha value is -3.72. The molecule has 0 radical (unpaired) electrons. The second-order valence-corrected chi connectivity index (χ2v) is 7.43. The average Bonchev–Trinajstić information content (AvgIpc) is 3.21. The number of anilines is 1. The summed E-state index contributed by atoms with van der Waals surface area (Å²) < 4.78 is 0. The quantitative estimate of drug-likeness (QED) is 0.399. The predicted molar refractivity (Wildman–Crippen MR) is 109 cm³/mol. The SMILES string of the molecule is CN1C(=O)/C(=C(/Sc2nnc3c(n2)[nH]c2ccccc23)C(=O)O)c2ccccc21. The largest absolute Gasteiger partial charge is 0.477 e. The molecule has 0 saturated heterocycles. The van der Waals surface area contributed by atoms with Gasteiger partial charge in [-0.25, -0.2) is 9.78 Å². The molecule has 142 valence electrons. The van der Waals surface area contributed by atoms with Gasteiger partial charge in [-0.2, -0.15) is 0 Å². The van der Waals surface area contributed by atoms with Gasteiger partial charge < -0.3 is 15.0 Å². The minimum absolute atomic E-state index is 0.126. The molecule has 9 heteroatoms. The van der Waals surface area contributed by atoms with Gasteiger partial charge in [0.15, 0.2) is 5.65 Å². The number of nitrogens with zero attached hydrogens (tertiary/aromatic N) is 4. The van der Waals surface area contributed by atoms with E-state index in [2.05, 4.69) is 20.2 Å². The van der Waals surface area contributed by atoms with Gasteiger partial charge in [-0.05, 0) is 23.9 Å². The number of amides is 1. The zero-order valence-corrected chi connectivity index (χ0v) is 15.9. The molecule has 3 heterocycles. The zero-order chi connectivity index (χ0) is 20.1. The van der Waals surface area contributed by atoms with Crippen molar-refractivity contribution in [1.82, 2.24) is 20.2 Å². The number of carboxylic acid groups (broad SMARTS) is 1. The lowest BCUT2D eigenvalue weighted by Crippen LogP contribution is -2.21. The van der Waals surface area contributed by atoms with Crippen molar-refractivity contribution in [3.05, 3.63) is 59.0 Å². The van der Waals surface area contributed by atoms with E-state index in [0.29, 0.717) is 22.4 Å². The summed E-state index contributed by atoms with van der Waals surface area (Å²) in [6.45, 7) is 0. The van der Waals surface area contributed by atoms with Crippen LogP contribution in [0.4, 0.5) is 5.69 Å². The Balaban J connectivity index is 1.64. The first-order chi connectivity index (χ1) is 14.0. The smallest absolute Gasteiger partial charge is 0.343 e. The fraction of sp³-hybridized carbons (Fsp3) is 0.0500. The van der Waals surface area contributed by atoms with Crippen molar-refractivity contribution in [2.75, 3.05) is 11.9 Å². The lowest BCUT2D eigenvalue weighted by atomic mass is 10.1. The van der Waals surface area contributed by atoms with Gasteiger partial charge in [0, 0.05) is 23.5 Å². The van der Waals surface area contributed by atoms with Gasteiger partial charge in [-0.15, -0.1) is 10.2 Å². The van der Waals surface area contributed by atoms with Crippen LogP contribution in [0.1, 0.15) is 5.56 Å². The third-order valence-electron chi connectivity index (χ3n) is 4.77. The van der Waals surface area contributed by atoms with Crippen molar-refractivity contribution >= 4 is 57.0 Å². The predicted octanol–water partition coefficient (Wildman–Crippen LogP) is 3.07. The van der Waals surface area contributed by atoms with Crippen LogP contribution in [-0.4, -0.2) is 44.2 Å². The molecule has 4 aromatic rings. The Bertz CT molecular complexity index is 1360. The third kappa shape index (κ3) is 2.66. The standard InChI is InChI=1S/C20H13N5O3S/c1-25-13-9-5-3-7-11(13)14(18(25)26)16(19(27)28)29-20-22-17-15(23-24-20)10-6-2-4-8-12(10)21-17/h2-9H,1H3,(H,27,28)(H,21,22,24)/b16-14+. The Morgan fingerprint density at radius 3 is 2.69 bits per heavy atom. The lowest BCUT2D eigenvalue weighted by Gasteiger charge is -2.08. The van der Waals surface area contributed by atoms with Crippen molar-refractivity contribution in [1.29, 1.82) is 0 Å². The third-order valence-corrected chi connectivity index (χ3v) is 5.71. The molecule has 0 unspecified atom stereocenters. The topological polar surface area (TPSA) is 112 Å². The molecule has 2 N–H and O–H groups in total. The number of nitrogens with one attached hydrogen (secondary N) is 1. The number of rotatable bonds is 3. The van der Waals surface area contributed by atoms with E-state index >= 15 is 0 Å². The second kappa shape index (κ2) is 6.42. The van der Waals surface area contributed by atoms with E-state index in [9.17, 15) is 14.7 Å². The molecule has 2 aromatic carbocycles. The Morgan fingerprint density at radius 1 is 1.10 bits per heavy atom. The maximum absolute atomic E-state index is 12.8. The van der Waals surface area contributed by atoms with Gasteiger partial charge in [0.1, 0.15) is 10.4 Å². The van der Waals surface area contributed by atoms with Crippen molar-refractivity contribution in [2.24, 2.45) is 0 Å². The monoisotopic (exact) mass is 403 g/mol. The molecule has 0 atom stereocenters. The molecule has 29 heavy (non-hydrogen) atoms. The van der Waals surface area contributed by atoms with Gasteiger partial charge in [-0.3, -0.25) is 4.79 Å². The maximum atomic E-state index is 12.8. The number of aromatic amines is 1.